The van der Waals surface area contributed by atoms with Crippen molar-refractivity contribution in [1.29, 1.82) is 0 Å². The van der Waals surface area contributed by atoms with Gasteiger partial charge in [-0.3, -0.25) is 14.9 Å². The molecular weight excluding hydrogens is 256 g/mol. The zero-order valence-electron chi connectivity index (χ0n) is 9.90. The fourth-order valence-electron chi connectivity index (χ4n) is 1.25. The van der Waals surface area contributed by atoms with E-state index in [9.17, 15) is 19.7 Å². The highest BCUT2D eigenvalue weighted by molar-refractivity contribution is 6.67. The molecule has 1 N–H and O–H groups in total. The highest BCUT2D eigenvalue weighted by Gasteiger charge is 2.24. The molecule has 100 valence electrons. The first-order chi connectivity index (χ1) is 9.01. The molecule has 1 aromatic rings. The number of esters is 1. The number of hydrogen-bond acceptors (Lipinski definition) is 7. The van der Waals surface area contributed by atoms with Crippen molar-refractivity contribution in [1.82, 2.24) is 0 Å². The van der Waals surface area contributed by atoms with Crippen molar-refractivity contribution in [2.24, 2.45) is 5.16 Å². The van der Waals surface area contributed by atoms with Crippen molar-refractivity contribution >= 4 is 23.2 Å². The standard InChI is InChI=1S/C11H10N2O6/c1-2-19-11(15)9(12-16)10(14)7-3-5-8(6-4-7)13(17)18/h3-6,16H,2H2,1H3/b12-9-. The SMILES string of the molecule is CCOC(=O)/C(=N\O)C(=O)c1ccc([N+](=O)[O-])cc1. The van der Waals surface area contributed by atoms with Crippen LogP contribution in [-0.2, 0) is 9.53 Å². The molecule has 0 amide bonds. The van der Waals surface area contributed by atoms with Crippen molar-refractivity contribution < 1.29 is 24.5 Å². The van der Waals surface area contributed by atoms with Gasteiger partial charge in [-0.2, -0.15) is 0 Å². The van der Waals surface area contributed by atoms with E-state index in [0.717, 1.165) is 24.3 Å². The van der Waals surface area contributed by atoms with Gasteiger partial charge in [0.05, 0.1) is 11.5 Å². The van der Waals surface area contributed by atoms with Crippen LogP contribution in [0.15, 0.2) is 29.4 Å². The van der Waals surface area contributed by atoms with Crippen LogP contribution >= 0.6 is 0 Å². The first-order valence-electron chi connectivity index (χ1n) is 5.19. The largest absolute Gasteiger partial charge is 0.461 e. The van der Waals surface area contributed by atoms with Crippen molar-refractivity contribution in [3.63, 3.8) is 0 Å². The number of nitro benzene ring substituents is 1. The Morgan fingerprint density at radius 1 is 1.37 bits per heavy atom. The molecule has 1 rings (SSSR count). The van der Waals surface area contributed by atoms with Crippen molar-refractivity contribution in [2.45, 2.75) is 6.92 Å². The Kier molecular flexibility index (Phi) is 4.69. The highest BCUT2D eigenvalue weighted by atomic mass is 16.6. The normalized spacial score (nSPS) is 10.9. The molecular formula is C11H10N2O6. The van der Waals surface area contributed by atoms with Crippen LogP contribution in [0.5, 0.6) is 0 Å². The van der Waals surface area contributed by atoms with Crippen LogP contribution in [-0.4, -0.2) is 34.2 Å². The summed E-state index contributed by atoms with van der Waals surface area (Å²) in [5.41, 5.74) is -1.00. The molecule has 0 radical (unpaired) electrons. The second-order valence-electron chi connectivity index (χ2n) is 3.30. The number of oxime groups is 1. The minimum Gasteiger partial charge on any atom is -0.461 e. The molecule has 0 aromatic heterocycles. The van der Waals surface area contributed by atoms with E-state index in [1.165, 1.54) is 6.92 Å². The van der Waals surface area contributed by atoms with E-state index in [1.807, 2.05) is 0 Å². The molecule has 19 heavy (non-hydrogen) atoms. The molecule has 0 unspecified atom stereocenters. The Bertz CT molecular complexity index is 535. The van der Waals surface area contributed by atoms with Crippen molar-refractivity contribution in [2.75, 3.05) is 6.61 Å². The lowest BCUT2D eigenvalue weighted by Crippen LogP contribution is -2.26. The van der Waals surface area contributed by atoms with Crippen LogP contribution < -0.4 is 0 Å². The van der Waals surface area contributed by atoms with E-state index in [4.69, 9.17) is 5.21 Å². The first kappa shape index (κ1) is 14.3. The zero-order chi connectivity index (χ0) is 14.4. The summed E-state index contributed by atoms with van der Waals surface area (Å²) in [6, 6.07) is 4.52. The maximum atomic E-state index is 11.8. The third-order valence-corrected chi connectivity index (χ3v) is 2.12. The fourth-order valence-corrected chi connectivity index (χ4v) is 1.25. The van der Waals surface area contributed by atoms with Crippen LogP contribution in [0.3, 0.4) is 0 Å². The second-order valence-corrected chi connectivity index (χ2v) is 3.30. The molecule has 1 aromatic carbocycles. The van der Waals surface area contributed by atoms with E-state index in [1.54, 1.807) is 0 Å². The molecule has 0 spiro atoms. The molecule has 8 heteroatoms. The van der Waals surface area contributed by atoms with E-state index in [0.29, 0.717) is 0 Å². The summed E-state index contributed by atoms with van der Waals surface area (Å²) in [7, 11) is 0. The van der Waals surface area contributed by atoms with Gasteiger partial charge in [0, 0.05) is 17.7 Å². The number of hydrogen-bond donors (Lipinski definition) is 1. The number of nitro groups is 1. The van der Waals surface area contributed by atoms with Crippen LogP contribution in [0.4, 0.5) is 5.69 Å². The van der Waals surface area contributed by atoms with Gasteiger partial charge in [0.2, 0.25) is 11.5 Å². The lowest BCUT2D eigenvalue weighted by Gasteiger charge is -2.03. The Morgan fingerprint density at radius 3 is 2.37 bits per heavy atom. The van der Waals surface area contributed by atoms with Crippen molar-refractivity contribution in [3.05, 3.63) is 39.9 Å². The molecule has 0 fully saturated rings. The average Bonchev–Trinajstić information content (AvgIpc) is 2.39. The predicted octanol–water partition coefficient (Wildman–Crippen LogP) is 1.17. The van der Waals surface area contributed by atoms with Crippen LogP contribution in [0.25, 0.3) is 0 Å². The lowest BCUT2D eigenvalue weighted by molar-refractivity contribution is -0.384. The molecule has 0 bridgehead atoms. The first-order valence-corrected chi connectivity index (χ1v) is 5.19. The third-order valence-electron chi connectivity index (χ3n) is 2.12. The minimum atomic E-state index is -1.06. The summed E-state index contributed by atoms with van der Waals surface area (Å²) < 4.78 is 4.54. The monoisotopic (exact) mass is 266 g/mol. The smallest absolute Gasteiger partial charge is 0.364 e. The van der Waals surface area contributed by atoms with Gasteiger partial charge in [0.15, 0.2) is 0 Å². The third kappa shape index (κ3) is 3.35. The van der Waals surface area contributed by atoms with Gasteiger partial charge in [-0.1, -0.05) is 5.16 Å². The molecule has 0 aliphatic rings. The van der Waals surface area contributed by atoms with Crippen molar-refractivity contribution in [3.8, 4) is 0 Å². The van der Waals surface area contributed by atoms with Gasteiger partial charge in [0.25, 0.3) is 5.69 Å². The Morgan fingerprint density at radius 2 is 1.95 bits per heavy atom. The molecule has 0 saturated carbocycles. The Labute approximate surface area is 107 Å². The molecule has 8 nitrogen and oxygen atoms in total. The van der Waals surface area contributed by atoms with Gasteiger partial charge < -0.3 is 9.94 Å². The molecule has 0 aliphatic carbocycles. The minimum absolute atomic E-state index is 0.0192. The molecule has 0 heterocycles. The molecule has 0 aliphatic heterocycles. The van der Waals surface area contributed by atoms with Gasteiger partial charge in [-0.15, -0.1) is 0 Å². The maximum Gasteiger partial charge on any atom is 0.364 e. The van der Waals surface area contributed by atoms with E-state index >= 15 is 0 Å². The number of rotatable bonds is 5. The number of non-ortho nitro benzene ring substituents is 1. The van der Waals surface area contributed by atoms with Gasteiger partial charge in [0.1, 0.15) is 0 Å². The van der Waals surface area contributed by atoms with Gasteiger partial charge >= 0.3 is 5.97 Å². The quantitative estimate of drug-likeness (QED) is 0.162. The van der Waals surface area contributed by atoms with Crippen LogP contribution in [0.2, 0.25) is 0 Å². The number of nitrogens with zero attached hydrogens (tertiary/aromatic N) is 2. The zero-order valence-corrected chi connectivity index (χ0v) is 9.90. The number of ether oxygens (including phenoxy) is 1. The number of benzene rings is 1. The number of Topliss-reactive ketones (excluding diaryl/α,β-unsaturated/α-hetero) is 1. The summed E-state index contributed by atoms with van der Waals surface area (Å²) in [5, 5.41) is 21.7. The van der Waals surface area contributed by atoms with E-state index in [-0.39, 0.29) is 17.9 Å². The summed E-state index contributed by atoms with van der Waals surface area (Å²) in [6.07, 6.45) is 0. The Hall–Kier alpha value is -2.77. The highest BCUT2D eigenvalue weighted by Crippen LogP contribution is 2.13. The average molecular weight is 266 g/mol. The van der Waals surface area contributed by atoms with Gasteiger partial charge in [-0.05, 0) is 19.1 Å². The van der Waals surface area contributed by atoms with Gasteiger partial charge in [-0.25, -0.2) is 4.79 Å². The Balaban J connectivity index is 2.99. The predicted molar refractivity (Wildman–Crippen MR) is 63.3 cm³/mol. The molecule has 0 saturated heterocycles. The van der Waals surface area contributed by atoms with E-state index in [2.05, 4.69) is 9.89 Å². The fraction of sp³-hybridized carbons (Fsp3) is 0.182. The number of carbonyl (C=O) groups is 2. The second kappa shape index (κ2) is 6.24. The summed E-state index contributed by atoms with van der Waals surface area (Å²) >= 11 is 0. The number of ketones is 1. The van der Waals surface area contributed by atoms with Crippen LogP contribution in [0, 0.1) is 10.1 Å². The molecule has 0 atom stereocenters. The summed E-state index contributed by atoms with van der Waals surface area (Å²) in [5.74, 6) is -1.94. The maximum absolute atomic E-state index is 11.8. The topological polar surface area (TPSA) is 119 Å². The lowest BCUT2D eigenvalue weighted by atomic mass is 10.1. The summed E-state index contributed by atoms with van der Waals surface area (Å²) in [6.45, 7) is 1.55. The number of carbonyl (C=O) groups excluding carboxylic acids is 2. The summed E-state index contributed by atoms with van der Waals surface area (Å²) in [4.78, 5) is 33.0. The van der Waals surface area contributed by atoms with E-state index < -0.39 is 22.4 Å². The van der Waals surface area contributed by atoms with Crippen LogP contribution in [0.1, 0.15) is 17.3 Å².